The number of nitrogens with zero attached hydrogens (tertiary/aromatic N) is 1. The molecule has 0 aliphatic carbocycles. The largest absolute Gasteiger partial charge is 0.459 e. The minimum absolute atomic E-state index is 0.160. The second-order valence-corrected chi connectivity index (χ2v) is 7.33. The Morgan fingerprint density at radius 2 is 1.96 bits per heavy atom. The average Bonchev–Trinajstić information content (AvgIpc) is 3.12. The number of rotatable bonds is 4. The van der Waals surface area contributed by atoms with Gasteiger partial charge in [0.15, 0.2) is 5.76 Å². The van der Waals surface area contributed by atoms with Gasteiger partial charge in [-0.3, -0.25) is 4.79 Å². The fraction of sp³-hybridized carbons (Fsp3) is 0.312. The molecule has 1 aliphatic heterocycles. The van der Waals surface area contributed by atoms with Gasteiger partial charge in [-0.05, 0) is 36.8 Å². The molecule has 1 aromatic heterocycles. The molecule has 7 nitrogen and oxygen atoms in total. The Labute approximate surface area is 140 Å². The minimum atomic E-state index is -3.63. The van der Waals surface area contributed by atoms with Crippen molar-refractivity contribution >= 4 is 21.6 Å². The monoisotopic (exact) mass is 350 g/mol. The zero-order valence-corrected chi connectivity index (χ0v) is 14.0. The van der Waals surface area contributed by atoms with Crippen LogP contribution in [0.5, 0.6) is 0 Å². The molecule has 1 fully saturated rings. The molecule has 2 aromatic rings. The van der Waals surface area contributed by atoms with E-state index in [9.17, 15) is 13.2 Å². The minimum Gasteiger partial charge on any atom is -0.459 e. The molecule has 2 heterocycles. The van der Waals surface area contributed by atoms with Crippen LogP contribution in [0.15, 0.2) is 45.9 Å². The predicted molar refractivity (Wildman–Crippen MR) is 87.4 cm³/mol. The quantitative estimate of drug-likeness (QED) is 0.909. The van der Waals surface area contributed by atoms with Crippen LogP contribution in [0.2, 0.25) is 0 Å². The number of nitrogens with one attached hydrogen (secondary N) is 1. The van der Waals surface area contributed by atoms with Gasteiger partial charge < -0.3 is 14.5 Å². The number of ether oxygens (including phenoxy) is 1. The number of hydrogen-bond donors (Lipinski definition) is 1. The first kappa shape index (κ1) is 16.7. The Morgan fingerprint density at radius 3 is 2.62 bits per heavy atom. The molecule has 0 spiro atoms. The van der Waals surface area contributed by atoms with Crippen molar-refractivity contribution in [3.63, 3.8) is 0 Å². The van der Waals surface area contributed by atoms with Gasteiger partial charge in [-0.1, -0.05) is 6.07 Å². The van der Waals surface area contributed by atoms with Gasteiger partial charge in [0.05, 0.1) is 24.4 Å². The Hall–Kier alpha value is -2.16. The molecule has 0 bridgehead atoms. The average molecular weight is 350 g/mol. The third-order valence-electron chi connectivity index (χ3n) is 3.78. The van der Waals surface area contributed by atoms with Crippen molar-refractivity contribution in [2.75, 3.05) is 31.6 Å². The van der Waals surface area contributed by atoms with Crippen molar-refractivity contribution in [1.82, 2.24) is 4.31 Å². The normalized spacial score (nSPS) is 16.0. The van der Waals surface area contributed by atoms with E-state index in [0.29, 0.717) is 37.6 Å². The molecule has 0 unspecified atom stereocenters. The lowest BCUT2D eigenvalue weighted by Crippen LogP contribution is -2.40. The van der Waals surface area contributed by atoms with Gasteiger partial charge in [-0.15, -0.1) is 0 Å². The van der Waals surface area contributed by atoms with Crippen molar-refractivity contribution in [2.24, 2.45) is 0 Å². The van der Waals surface area contributed by atoms with Gasteiger partial charge in [0, 0.05) is 18.8 Å². The Bertz CT molecular complexity index is 824. The van der Waals surface area contributed by atoms with E-state index >= 15 is 0 Å². The van der Waals surface area contributed by atoms with Crippen molar-refractivity contribution in [3.05, 3.63) is 47.9 Å². The van der Waals surface area contributed by atoms with Gasteiger partial charge in [0.2, 0.25) is 10.0 Å². The van der Waals surface area contributed by atoms with Crippen LogP contribution in [0.3, 0.4) is 0 Å². The number of morpholine rings is 1. The summed E-state index contributed by atoms with van der Waals surface area (Å²) in [6, 6.07) is 7.95. The second kappa shape index (κ2) is 6.76. The summed E-state index contributed by atoms with van der Waals surface area (Å²) in [6.45, 7) is 3.14. The van der Waals surface area contributed by atoms with Gasteiger partial charge in [-0.25, -0.2) is 8.42 Å². The first-order valence-corrected chi connectivity index (χ1v) is 8.96. The molecule has 0 saturated carbocycles. The van der Waals surface area contributed by atoms with E-state index in [0.717, 1.165) is 0 Å². The van der Waals surface area contributed by atoms with E-state index in [1.807, 2.05) is 0 Å². The maximum absolute atomic E-state index is 12.8. The van der Waals surface area contributed by atoms with Crippen LogP contribution >= 0.6 is 0 Å². The maximum atomic E-state index is 12.8. The molecule has 1 aliphatic rings. The fourth-order valence-corrected chi connectivity index (χ4v) is 4.14. The maximum Gasteiger partial charge on any atom is 0.291 e. The Morgan fingerprint density at radius 1 is 1.21 bits per heavy atom. The molecule has 0 atom stereocenters. The van der Waals surface area contributed by atoms with Crippen LogP contribution in [-0.2, 0) is 14.8 Å². The predicted octanol–water partition coefficient (Wildman–Crippen LogP) is 1.86. The van der Waals surface area contributed by atoms with Gasteiger partial charge >= 0.3 is 0 Å². The summed E-state index contributed by atoms with van der Waals surface area (Å²) >= 11 is 0. The number of aryl methyl sites for hydroxylation is 1. The van der Waals surface area contributed by atoms with Crippen molar-refractivity contribution < 1.29 is 22.4 Å². The molecule has 1 saturated heterocycles. The molecular formula is C16H18N2O5S. The molecule has 3 rings (SSSR count). The lowest BCUT2D eigenvalue weighted by Gasteiger charge is -2.26. The summed E-state index contributed by atoms with van der Waals surface area (Å²) in [4.78, 5) is 12.2. The molecule has 0 radical (unpaired) electrons. The van der Waals surface area contributed by atoms with Crippen molar-refractivity contribution in [1.29, 1.82) is 0 Å². The molecule has 8 heteroatoms. The first-order valence-electron chi connectivity index (χ1n) is 7.52. The molecule has 24 heavy (non-hydrogen) atoms. The summed E-state index contributed by atoms with van der Waals surface area (Å²) in [7, 11) is -3.63. The molecule has 1 amide bonds. The standard InChI is InChI=1S/C16H18N2O5S/c1-12-4-5-13(17-16(19)14-3-2-8-23-14)11-15(12)24(20,21)18-6-9-22-10-7-18/h2-5,8,11H,6-7,9-10H2,1H3,(H,17,19). The number of hydrogen-bond acceptors (Lipinski definition) is 5. The summed E-state index contributed by atoms with van der Waals surface area (Å²) in [6.07, 6.45) is 1.40. The Kier molecular flexibility index (Phi) is 4.70. The zero-order chi connectivity index (χ0) is 17.2. The lowest BCUT2D eigenvalue weighted by atomic mass is 10.2. The van der Waals surface area contributed by atoms with E-state index < -0.39 is 15.9 Å². The van der Waals surface area contributed by atoms with E-state index in [4.69, 9.17) is 9.15 Å². The third-order valence-corrected chi connectivity index (χ3v) is 5.82. The van der Waals surface area contributed by atoms with Gasteiger partial charge in [-0.2, -0.15) is 4.31 Å². The number of amides is 1. The third kappa shape index (κ3) is 3.35. The highest BCUT2D eigenvalue weighted by Gasteiger charge is 2.28. The highest BCUT2D eigenvalue weighted by molar-refractivity contribution is 7.89. The van der Waals surface area contributed by atoms with Gasteiger partial charge in [0.1, 0.15) is 0 Å². The fourth-order valence-electron chi connectivity index (χ4n) is 2.48. The van der Waals surface area contributed by atoms with Crippen LogP contribution in [0.4, 0.5) is 5.69 Å². The zero-order valence-electron chi connectivity index (χ0n) is 13.2. The number of carbonyl (C=O) groups is 1. The smallest absolute Gasteiger partial charge is 0.291 e. The number of furan rings is 1. The van der Waals surface area contributed by atoms with Crippen molar-refractivity contribution in [2.45, 2.75) is 11.8 Å². The number of carbonyl (C=O) groups excluding carboxylic acids is 1. The van der Waals surface area contributed by atoms with E-state index in [2.05, 4.69) is 5.32 Å². The topological polar surface area (TPSA) is 88.8 Å². The summed E-state index contributed by atoms with van der Waals surface area (Å²) < 4.78 is 37.3. The SMILES string of the molecule is Cc1ccc(NC(=O)c2ccco2)cc1S(=O)(=O)N1CCOCC1. The van der Waals surface area contributed by atoms with Gasteiger partial charge in [0.25, 0.3) is 5.91 Å². The van der Waals surface area contributed by atoms with Crippen LogP contribution in [0, 0.1) is 6.92 Å². The van der Waals surface area contributed by atoms with Crippen molar-refractivity contribution in [3.8, 4) is 0 Å². The van der Waals surface area contributed by atoms with E-state index in [1.165, 1.54) is 22.7 Å². The highest BCUT2D eigenvalue weighted by Crippen LogP contribution is 2.24. The second-order valence-electron chi connectivity index (χ2n) is 5.43. The molecule has 1 N–H and O–H groups in total. The molecule has 128 valence electrons. The first-order chi connectivity index (χ1) is 11.5. The van der Waals surface area contributed by atoms with E-state index in [-0.39, 0.29) is 10.7 Å². The number of benzene rings is 1. The van der Waals surface area contributed by atoms with Crippen LogP contribution in [0.1, 0.15) is 16.1 Å². The summed E-state index contributed by atoms with van der Waals surface area (Å²) in [5, 5.41) is 2.65. The Balaban J connectivity index is 1.87. The van der Waals surface area contributed by atoms with Crippen LogP contribution in [0.25, 0.3) is 0 Å². The summed E-state index contributed by atoms with van der Waals surface area (Å²) in [5.74, 6) is -0.272. The number of anilines is 1. The number of sulfonamides is 1. The summed E-state index contributed by atoms with van der Waals surface area (Å²) in [5.41, 5.74) is 1.02. The van der Waals surface area contributed by atoms with Crippen LogP contribution in [-0.4, -0.2) is 44.9 Å². The molecular weight excluding hydrogens is 332 g/mol. The van der Waals surface area contributed by atoms with Crippen LogP contribution < -0.4 is 5.32 Å². The van der Waals surface area contributed by atoms with E-state index in [1.54, 1.807) is 25.1 Å². The highest BCUT2D eigenvalue weighted by atomic mass is 32.2. The molecule has 1 aromatic carbocycles. The lowest BCUT2D eigenvalue weighted by molar-refractivity contribution is 0.0730.